The van der Waals surface area contributed by atoms with Crippen molar-refractivity contribution in [3.05, 3.63) is 57.7 Å². The van der Waals surface area contributed by atoms with E-state index in [0.29, 0.717) is 42.4 Å². The first-order valence-electron chi connectivity index (χ1n) is 16.8. The van der Waals surface area contributed by atoms with E-state index in [1.807, 2.05) is 24.3 Å². The second-order valence-electron chi connectivity index (χ2n) is 14.7. The number of nitrogens with one attached hydrogen (secondary N) is 1. The number of carbonyl (C=O) groups is 2. The number of β-amino-alcohol motifs (C(OH)–C–C–N with tert-alkyl or cyclic N) is 1. The highest BCUT2D eigenvalue weighted by atomic mass is 32.1. The van der Waals surface area contributed by atoms with Crippen LogP contribution in [0, 0.1) is 17.3 Å². The highest BCUT2D eigenvalue weighted by Crippen LogP contribution is 2.38. The van der Waals surface area contributed by atoms with Gasteiger partial charge in [0.2, 0.25) is 0 Å². The van der Waals surface area contributed by atoms with Gasteiger partial charge in [-0.2, -0.15) is 0 Å². The number of benzene rings is 1. The van der Waals surface area contributed by atoms with Crippen LogP contribution >= 0.6 is 11.3 Å². The number of piperidine rings is 1. The molecule has 0 unspecified atom stereocenters. The summed E-state index contributed by atoms with van der Waals surface area (Å²) in [6, 6.07) is 9.90. The largest absolute Gasteiger partial charge is 0.393 e. The Balaban J connectivity index is 1.21. The molecule has 4 heterocycles. The molecule has 9 heteroatoms. The van der Waals surface area contributed by atoms with E-state index in [2.05, 4.69) is 37.1 Å². The number of hydrogen-bond acceptors (Lipinski definition) is 9. The third-order valence-electron chi connectivity index (χ3n) is 10.4. The first-order valence-corrected chi connectivity index (χ1v) is 17.6. The molecular formula is C36H48N4O4S. The number of carbonyl (C=O) groups excluding carboxylic acids is 2. The zero-order valence-corrected chi connectivity index (χ0v) is 27.7. The fourth-order valence-electron chi connectivity index (χ4n) is 7.30. The van der Waals surface area contributed by atoms with Crippen molar-refractivity contribution in [1.29, 1.82) is 0 Å². The zero-order chi connectivity index (χ0) is 31.7. The highest BCUT2D eigenvalue weighted by molar-refractivity contribution is 7.19. The number of Topliss-reactive ketones (excluding diaryl/α,β-unsaturated/α-hetero) is 2. The van der Waals surface area contributed by atoms with Gasteiger partial charge in [0.25, 0.3) is 0 Å². The molecule has 2 aliphatic heterocycles. The molecule has 3 N–H and O–H groups in total. The average Bonchev–Trinajstić information content (AvgIpc) is 3.63. The minimum Gasteiger partial charge on any atom is -0.393 e. The van der Waals surface area contributed by atoms with E-state index in [0.717, 1.165) is 79.8 Å². The first-order chi connectivity index (χ1) is 21.5. The van der Waals surface area contributed by atoms with Gasteiger partial charge in [0.1, 0.15) is 10.3 Å². The van der Waals surface area contributed by atoms with E-state index >= 15 is 0 Å². The van der Waals surface area contributed by atoms with Crippen LogP contribution in [0.2, 0.25) is 0 Å². The van der Waals surface area contributed by atoms with Gasteiger partial charge in [-0.25, -0.2) is 9.97 Å². The molecule has 242 valence electrons. The van der Waals surface area contributed by atoms with Crippen molar-refractivity contribution in [3.63, 3.8) is 0 Å². The molecule has 3 aliphatic rings. The molecule has 2 saturated heterocycles. The Bertz CT molecular complexity index is 1520. The normalized spacial score (nSPS) is 23.7. The number of aliphatic hydroxyl groups excluding tert-OH is 2. The van der Waals surface area contributed by atoms with Crippen LogP contribution in [0.15, 0.2) is 30.3 Å². The third-order valence-corrected chi connectivity index (χ3v) is 11.4. The summed E-state index contributed by atoms with van der Waals surface area (Å²) in [5.74, 6) is 0.492. The van der Waals surface area contributed by atoms with Crippen LogP contribution in [0.1, 0.15) is 102 Å². The number of rotatable bonds is 10. The Morgan fingerprint density at radius 1 is 1.07 bits per heavy atom. The number of aromatic nitrogens is 2. The summed E-state index contributed by atoms with van der Waals surface area (Å²) in [6.45, 7) is 10.6. The van der Waals surface area contributed by atoms with Gasteiger partial charge < -0.3 is 20.4 Å². The summed E-state index contributed by atoms with van der Waals surface area (Å²) in [5.41, 5.74) is 5.10. The van der Waals surface area contributed by atoms with Crippen LogP contribution < -0.4 is 5.32 Å². The maximum atomic E-state index is 13.9. The van der Waals surface area contributed by atoms with Gasteiger partial charge >= 0.3 is 0 Å². The molecule has 8 nitrogen and oxygen atoms in total. The van der Waals surface area contributed by atoms with Gasteiger partial charge in [-0.1, -0.05) is 50.3 Å². The number of pyridine rings is 1. The Hall–Kier alpha value is -2.56. The van der Waals surface area contributed by atoms with E-state index in [1.165, 1.54) is 16.9 Å². The molecule has 6 rings (SSSR count). The number of ketones is 2. The lowest BCUT2D eigenvalue weighted by molar-refractivity contribution is 0.0805. The van der Waals surface area contributed by atoms with Crippen LogP contribution in [0.3, 0.4) is 0 Å². The van der Waals surface area contributed by atoms with Gasteiger partial charge in [-0.3, -0.25) is 9.59 Å². The predicted molar refractivity (Wildman–Crippen MR) is 178 cm³/mol. The van der Waals surface area contributed by atoms with E-state index < -0.39 is 6.10 Å². The predicted octanol–water partition coefficient (Wildman–Crippen LogP) is 5.20. The number of thiazole rings is 1. The van der Waals surface area contributed by atoms with Gasteiger partial charge in [0, 0.05) is 56.2 Å². The minimum atomic E-state index is -0.501. The molecule has 0 bridgehead atoms. The van der Waals surface area contributed by atoms with Gasteiger partial charge in [0.15, 0.2) is 16.6 Å². The SMILES string of the molecule is CC(C)(C)[C@H]1CCc2nc3sc(C(=O)C[C@H](CCN4CCC(O)CC4)c4cccc(C(=O)C[C@@H]5CNC[C@H]5O)c4)nc3cc2C1. The first kappa shape index (κ1) is 32.4. The van der Waals surface area contributed by atoms with Crippen LogP contribution in [-0.4, -0.2) is 81.6 Å². The topological polar surface area (TPSA) is 116 Å². The van der Waals surface area contributed by atoms with Gasteiger partial charge in [0.05, 0.1) is 12.2 Å². The Labute approximate surface area is 270 Å². The number of fused-ring (bicyclic) bond motifs is 2. The van der Waals surface area contributed by atoms with E-state index in [1.54, 1.807) is 0 Å². The maximum absolute atomic E-state index is 13.9. The Kier molecular flexibility index (Phi) is 9.83. The summed E-state index contributed by atoms with van der Waals surface area (Å²) in [6.07, 6.45) is 5.31. The van der Waals surface area contributed by atoms with Crippen LogP contribution in [0.4, 0.5) is 0 Å². The summed E-state index contributed by atoms with van der Waals surface area (Å²) in [7, 11) is 0. The van der Waals surface area contributed by atoms with Crippen molar-refractivity contribution in [3.8, 4) is 0 Å². The van der Waals surface area contributed by atoms with Crippen molar-refractivity contribution in [1.82, 2.24) is 20.2 Å². The van der Waals surface area contributed by atoms with Crippen molar-refractivity contribution in [2.75, 3.05) is 32.7 Å². The monoisotopic (exact) mass is 632 g/mol. The molecular weight excluding hydrogens is 584 g/mol. The smallest absolute Gasteiger partial charge is 0.192 e. The van der Waals surface area contributed by atoms with Crippen molar-refractivity contribution in [2.45, 2.75) is 90.3 Å². The molecule has 45 heavy (non-hydrogen) atoms. The van der Waals surface area contributed by atoms with Crippen LogP contribution in [-0.2, 0) is 12.8 Å². The molecule has 0 saturated carbocycles. The second-order valence-corrected chi connectivity index (χ2v) is 15.6. The Morgan fingerprint density at radius 3 is 2.60 bits per heavy atom. The summed E-state index contributed by atoms with van der Waals surface area (Å²) in [5, 5.41) is 23.9. The van der Waals surface area contributed by atoms with Crippen LogP contribution in [0.5, 0.6) is 0 Å². The van der Waals surface area contributed by atoms with Gasteiger partial charge in [-0.15, -0.1) is 0 Å². The zero-order valence-electron chi connectivity index (χ0n) is 26.9. The third kappa shape index (κ3) is 7.71. The van der Waals surface area contributed by atoms with E-state index in [9.17, 15) is 19.8 Å². The lowest BCUT2D eigenvalue weighted by atomic mass is 9.71. The minimum absolute atomic E-state index is 0.0134. The average molecular weight is 633 g/mol. The molecule has 1 aromatic carbocycles. The lowest BCUT2D eigenvalue weighted by Gasteiger charge is -2.34. The standard InChI is InChI=1S/C36H48N4O4S/c1-36(2,3)27-7-8-29-25(16-27)17-30-34(38-29)45-35(39-30)32(43)18-23(9-12-40-13-10-28(41)11-14-40)22-5-4-6-24(15-22)31(42)19-26-20-37-21-33(26)44/h4-6,15,17,23,26-28,33,37,41,44H,7-14,16,18-21H2,1-3H3/t23-,26+,27-,33+/m0/s1. The molecule has 3 aromatic rings. The molecule has 2 aromatic heterocycles. The fraction of sp³-hybridized carbons (Fsp3) is 0.611. The second kappa shape index (κ2) is 13.7. The van der Waals surface area contributed by atoms with E-state index in [4.69, 9.17) is 9.97 Å². The van der Waals surface area contributed by atoms with Crippen molar-refractivity contribution >= 4 is 33.3 Å². The lowest BCUT2D eigenvalue weighted by Crippen LogP contribution is -2.36. The van der Waals surface area contributed by atoms with Gasteiger partial charge in [-0.05, 0) is 85.6 Å². The molecule has 1 aliphatic carbocycles. The van der Waals surface area contributed by atoms with E-state index in [-0.39, 0.29) is 34.9 Å². The summed E-state index contributed by atoms with van der Waals surface area (Å²) in [4.78, 5) is 40.1. The molecule has 0 amide bonds. The number of aryl methyl sites for hydroxylation is 1. The summed E-state index contributed by atoms with van der Waals surface area (Å²) >= 11 is 1.40. The highest BCUT2D eigenvalue weighted by Gasteiger charge is 2.31. The molecule has 0 spiro atoms. The van der Waals surface area contributed by atoms with Crippen LogP contribution in [0.25, 0.3) is 10.3 Å². The molecule has 4 atom stereocenters. The molecule has 0 radical (unpaired) electrons. The van der Waals surface area contributed by atoms with Crippen molar-refractivity contribution < 1.29 is 19.8 Å². The summed E-state index contributed by atoms with van der Waals surface area (Å²) < 4.78 is 0. The fourth-order valence-corrected chi connectivity index (χ4v) is 8.19. The molecule has 2 fully saturated rings. The maximum Gasteiger partial charge on any atom is 0.192 e. The Morgan fingerprint density at radius 2 is 1.87 bits per heavy atom. The quantitative estimate of drug-likeness (QED) is 0.262. The number of hydrogen-bond donors (Lipinski definition) is 3. The number of likely N-dealkylation sites (tertiary alicyclic amines) is 1. The number of nitrogens with zero attached hydrogens (tertiary/aromatic N) is 3. The van der Waals surface area contributed by atoms with Crippen molar-refractivity contribution in [2.24, 2.45) is 17.3 Å². The number of aliphatic hydroxyl groups is 2.